The summed E-state index contributed by atoms with van der Waals surface area (Å²) in [6, 6.07) is 3.50. The van der Waals surface area contributed by atoms with E-state index >= 15 is 0 Å². The van der Waals surface area contributed by atoms with E-state index in [1.54, 1.807) is 12.1 Å². The molecule has 0 aromatic carbocycles. The summed E-state index contributed by atoms with van der Waals surface area (Å²) in [6.07, 6.45) is 0. The van der Waals surface area contributed by atoms with Crippen LogP contribution in [0, 0.1) is 13.8 Å². The summed E-state index contributed by atoms with van der Waals surface area (Å²) < 4.78 is 10.8. The second kappa shape index (κ2) is 2.18. The summed E-state index contributed by atoms with van der Waals surface area (Å²) in [5, 5.41) is 0. The number of furan rings is 2. The van der Waals surface area contributed by atoms with E-state index in [1.807, 2.05) is 13.8 Å². The van der Waals surface area contributed by atoms with Gasteiger partial charge in [0.2, 0.25) is 5.78 Å². The van der Waals surface area contributed by atoms with E-state index in [-0.39, 0.29) is 5.78 Å². The van der Waals surface area contributed by atoms with Gasteiger partial charge in [-0.3, -0.25) is 4.79 Å². The number of carbonyl (C=O) groups excluding carboxylic acids is 1. The van der Waals surface area contributed by atoms with Gasteiger partial charge in [0.05, 0.1) is 11.1 Å². The van der Waals surface area contributed by atoms with Crippen molar-refractivity contribution in [3.63, 3.8) is 0 Å². The predicted molar refractivity (Wildman–Crippen MR) is 49.3 cm³/mol. The molecule has 0 saturated carbocycles. The van der Waals surface area contributed by atoms with Crippen molar-refractivity contribution in [2.24, 2.45) is 0 Å². The van der Waals surface area contributed by atoms with Gasteiger partial charge in [-0.05, 0) is 26.0 Å². The molecule has 1 aliphatic rings. The molecular weight excluding hydrogens is 180 g/mol. The first kappa shape index (κ1) is 7.62. The molecule has 3 heteroatoms. The van der Waals surface area contributed by atoms with Crippen molar-refractivity contribution in [2.75, 3.05) is 0 Å². The summed E-state index contributed by atoms with van der Waals surface area (Å²) in [6.45, 7) is 3.64. The normalized spacial score (nSPS) is 13.1. The molecular formula is C11H8O3. The Hall–Kier alpha value is -1.77. The van der Waals surface area contributed by atoms with E-state index < -0.39 is 0 Å². The Morgan fingerprint density at radius 3 is 1.79 bits per heavy atom. The van der Waals surface area contributed by atoms with Gasteiger partial charge in [0, 0.05) is 0 Å². The van der Waals surface area contributed by atoms with Gasteiger partial charge in [0.15, 0.2) is 11.5 Å². The van der Waals surface area contributed by atoms with Gasteiger partial charge in [-0.2, -0.15) is 0 Å². The third-order valence-corrected chi connectivity index (χ3v) is 2.41. The van der Waals surface area contributed by atoms with Crippen molar-refractivity contribution in [1.82, 2.24) is 0 Å². The fraction of sp³-hybridized carbons (Fsp3) is 0.182. The van der Waals surface area contributed by atoms with Crippen LogP contribution in [-0.4, -0.2) is 5.78 Å². The lowest BCUT2D eigenvalue weighted by Gasteiger charge is -1.87. The molecule has 3 nitrogen and oxygen atoms in total. The minimum absolute atomic E-state index is 0.00343. The van der Waals surface area contributed by atoms with Crippen LogP contribution in [0.25, 0.3) is 11.5 Å². The second-order valence-electron chi connectivity index (χ2n) is 3.53. The van der Waals surface area contributed by atoms with Crippen LogP contribution >= 0.6 is 0 Å². The van der Waals surface area contributed by atoms with Crippen molar-refractivity contribution in [2.45, 2.75) is 13.8 Å². The molecule has 0 fully saturated rings. The number of fused-ring (bicyclic) bond motifs is 3. The Bertz CT molecular complexity index is 495. The van der Waals surface area contributed by atoms with Crippen molar-refractivity contribution in [1.29, 1.82) is 0 Å². The fourth-order valence-electron chi connectivity index (χ4n) is 1.85. The molecule has 0 N–H and O–H groups in total. The van der Waals surface area contributed by atoms with E-state index in [9.17, 15) is 4.79 Å². The molecule has 3 rings (SSSR count). The number of hydrogen-bond acceptors (Lipinski definition) is 3. The molecule has 0 bridgehead atoms. The summed E-state index contributed by atoms with van der Waals surface area (Å²) >= 11 is 0. The Morgan fingerprint density at radius 2 is 1.36 bits per heavy atom. The van der Waals surface area contributed by atoms with E-state index in [1.165, 1.54) is 0 Å². The zero-order valence-corrected chi connectivity index (χ0v) is 7.88. The van der Waals surface area contributed by atoms with Crippen molar-refractivity contribution in [3.05, 3.63) is 34.8 Å². The van der Waals surface area contributed by atoms with Gasteiger partial charge in [-0.25, -0.2) is 0 Å². The number of aryl methyl sites for hydroxylation is 2. The highest BCUT2D eigenvalue weighted by molar-refractivity contribution is 6.19. The van der Waals surface area contributed by atoms with Crippen molar-refractivity contribution < 1.29 is 13.6 Å². The van der Waals surface area contributed by atoms with Crippen LogP contribution in [0.15, 0.2) is 21.0 Å². The van der Waals surface area contributed by atoms with Crippen LogP contribution in [0.3, 0.4) is 0 Å². The fourth-order valence-corrected chi connectivity index (χ4v) is 1.85. The van der Waals surface area contributed by atoms with Crippen LogP contribution < -0.4 is 0 Å². The molecule has 1 aliphatic carbocycles. The van der Waals surface area contributed by atoms with Gasteiger partial charge >= 0.3 is 0 Å². The maximum atomic E-state index is 11.8. The van der Waals surface area contributed by atoms with Gasteiger partial charge in [-0.1, -0.05) is 0 Å². The van der Waals surface area contributed by atoms with Crippen LogP contribution in [0.4, 0.5) is 0 Å². The smallest absolute Gasteiger partial charge is 0.201 e. The van der Waals surface area contributed by atoms with Crippen LogP contribution in [-0.2, 0) is 0 Å². The largest absolute Gasteiger partial charge is 0.457 e. The zero-order chi connectivity index (χ0) is 9.87. The van der Waals surface area contributed by atoms with Gasteiger partial charge in [-0.15, -0.1) is 0 Å². The first-order valence-corrected chi connectivity index (χ1v) is 4.43. The minimum Gasteiger partial charge on any atom is -0.457 e. The first-order chi connectivity index (χ1) is 6.66. The third-order valence-electron chi connectivity index (χ3n) is 2.41. The molecule has 0 aliphatic heterocycles. The van der Waals surface area contributed by atoms with Crippen molar-refractivity contribution in [3.8, 4) is 11.5 Å². The van der Waals surface area contributed by atoms with E-state index in [4.69, 9.17) is 8.83 Å². The first-order valence-electron chi connectivity index (χ1n) is 4.43. The molecule has 0 saturated heterocycles. The van der Waals surface area contributed by atoms with Crippen LogP contribution in [0.2, 0.25) is 0 Å². The highest BCUT2D eigenvalue weighted by atomic mass is 16.4. The standard InChI is InChI=1S/C11H8O3/c1-5-3-7-9(12)8-4-6(2)14-11(8)10(7)13-5/h3-4H,1-2H3. The third kappa shape index (κ3) is 0.744. The number of hydrogen-bond donors (Lipinski definition) is 0. The molecule has 2 aromatic rings. The molecule has 0 atom stereocenters. The Morgan fingerprint density at radius 1 is 0.929 bits per heavy atom. The van der Waals surface area contributed by atoms with Crippen LogP contribution in [0.1, 0.15) is 27.4 Å². The molecule has 0 spiro atoms. The topological polar surface area (TPSA) is 43.4 Å². The lowest BCUT2D eigenvalue weighted by molar-refractivity contribution is 0.104. The predicted octanol–water partition coefficient (Wildman–Crippen LogP) is 2.70. The average molecular weight is 188 g/mol. The number of ketones is 1. The Balaban J connectivity index is 2.37. The van der Waals surface area contributed by atoms with Crippen LogP contribution in [0.5, 0.6) is 0 Å². The monoisotopic (exact) mass is 188 g/mol. The van der Waals surface area contributed by atoms with E-state index in [0.717, 1.165) is 11.5 Å². The van der Waals surface area contributed by atoms with E-state index in [2.05, 4.69) is 0 Å². The average Bonchev–Trinajstić information content (AvgIpc) is 2.71. The lowest BCUT2D eigenvalue weighted by atomic mass is 10.2. The number of carbonyl (C=O) groups is 1. The van der Waals surface area contributed by atoms with E-state index in [0.29, 0.717) is 22.6 Å². The Kier molecular flexibility index (Phi) is 1.18. The number of rotatable bonds is 0. The molecule has 2 aromatic heterocycles. The van der Waals surface area contributed by atoms with Gasteiger partial charge < -0.3 is 8.83 Å². The molecule has 2 heterocycles. The maximum absolute atomic E-state index is 11.8. The van der Waals surface area contributed by atoms with Crippen molar-refractivity contribution >= 4 is 5.78 Å². The molecule has 0 unspecified atom stereocenters. The quantitative estimate of drug-likeness (QED) is 0.544. The highest BCUT2D eigenvalue weighted by Gasteiger charge is 2.34. The molecule has 0 radical (unpaired) electrons. The summed E-state index contributed by atoms with van der Waals surface area (Å²) in [4.78, 5) is 11.8. The highest BCUT2D eigenvalue weighted by Crippen LogP contribution is 2.40. The maximum Gasteiger partial charge on any atom is 0.201 e. The second-order valence-corrected chi connectivity index (χ2v) is 3.53. The Labute approximate surface area is 80.3 Å². The summed E-state index contributed by atoms with van der Waals surface area (Å²) in [5.41, 5.74) is 1.24. The summed E-state index contributed by atoms with van der Waals surface area (Å²) in [7, 11) is 0. The van der Waals surface area contributed by atoms with Gasteiger partial charge in [0.1, 0.15) is 11.5 Å². The zero-order valence-electron chi connectivity index (χ0n) is 7.88. The molecule has 70 valence electrons. The SMILES string of the molecule is Cc1cc2c(o1)-c1oc(C)cc1C2=O. The van der Waals surface area contributed by atoms with Gasteiger partial charge in [0.25, 0.3) is 0 Å². The summed E-state index contributed by atoms with van der Waals surface area (Å²) in [5.74, 6) is 2.64. The molecule has 14 heavy (non-hydrogen) atoms. The molecule has 0 amide bonds. The lowest BCUT2D eigenvalue weighted by Crippen LogP contribution is -1.91. The minimum atomic E-state index is 0.00343.